The molecule has 5 nitrogen and oxygen atoms in total. The third kappa shape index (κ3) is 4.45. The predicted octanol–water partition coefficient (Wildman–Crippen LogP) is 12.4. The first-order chi connectivity index (χ1) is 27.2. The lowest BCUT2D eigenvalue weighted by atomic mass is 10.0. The molecule has 3 aromatic heterocycles. The van der Waals surface area contributed by atoms with Crippen molar-refractivity contribution in [3.05, 3.63) is 187 Å². The Bertz CT molecular complexity index is 3420. The molecule has 0 spiro atoms. The first-order valence-electron chi connectivity index (χ1n) is 18.3. The van der Waals surface area contributed by atoms with Crippen molar-refractivity contribution in [1.29, 1.82) is 10.5 Å². The van der Waals surface area contributed by atoms with E-state index in [0.29, 0.717) is 11.1 Å². The summed E-state index contributed by atoms with van der Waals surface area (Å²) in [7, 11) is 0. The number of rotatable bonds is 4. The Morgan fingerprint density at radius 2 is 0.891 bits per heavy atom. The summed E-state index contributed by atoms with van der Waals surface area (Å²) in [4.78, 5) is 0. The molecule has 3 heterocycles. The van der Waals surface area contributed by atoms with E-state index in [1.165, 1.54) is 32.6 Å². The Hall–Kier alpha value is -7.86. The van der Waals surface area contributed by atoms with Crippen LogP contribution in [-0.2, 0) is 0 Å². The Morgan fingerprint density at radius 1 is 0.364 bits per heavy atom. The van der Waals surface area contributed by atoms with E-state index in [4.69, 9.17) is 0 Å². The van der Waals surface area contributed by atoms with Crippen molar-refractivity contribution in [1.82, 2.24) is 13.7 Å². The molecule has 0 fully saturated rings. The van der Waals surface area contributed by atoms with E-state index in [9.17, 15) is 10.5 Å². The van der Waals surface area contributed by atoms with E-state index >= 15 is 0 Å². The molecule has 0 N–H and O–H groups in total. The molecule has 0 bridgehead atoms. The highest BCUT2D eigenvalue weighted by atomic mass is 15.0. The van der Waals surface area contributed by atoms with Crippen molar-refractivity contribution in [3.8, 4) is 40.3 Å². The third-order valence-electron chi connectivity index (χ3n) is 11.1. The summed E-state index contributed by atoms with van der Waals surface area (Å²) in [5.41, 5.74) is 12.5. The maximum atomic E-state index is 10.3. The lowest BCUT2D eigenvalue weighted by molar-refractivity contribution is 1.16. The van der Waals surface area contributed by atoms with Crippen LogP contribution >= 0.6 is 0 Å². The molecule has 0 saturated carbocycles. The number of aromatic nitrogens is 3. The molecule has 254 valence electrons. The average Bonchev–Trinajstić information content (AvgIpc) is 3.89. The number of benzene rings is 8. The Morgan fingerprint density at radius 3 is 1.53 bits per heavy atom. The fourth-order valence-electron chi connectivity index (χ4n) is 8.78. The van der Waals surface area contributed by atoms with Gasteiger partial charge in [0.2, 0.25) is 0 Å². The maximum Gasteiger partial charge on any atom is 0.101 e. The summed E-state index contributed by atoms with van der Waals surface area (Å²) in [5, 5.41) is 27.3. The number of nitrogens with zero attached hydrogens (tertiary/aromatic N) is 5. The zero-order valence-corrected chi connectivity index (χ0v) is 29.5. The molecule has 11 rings (SSSR count). The molecule has 0 aliphatic carbocycles. The Labute approximate surface area is 316 Å². The zero-order valence-electron chi connectivity index (χ0n) is 29.5. The van der Waals surface area contributed by atoms with Gasteiger partial charge < -0.3 is 13.7 Å². The van der Waals surface area contributed by atoms with Gasteiger partial charge in [0.15, 0.2) is 0 Å². The first kappa shape index (κ1) is 30.7. The summed E-state index contributed by atoms with van der Waals surface area (Å²) in [5.74, 6) is 0. The van der Waals surface area contributed by atoms with E-state index in [0.717, 1.165) is 61.0 Å². The normalized spacial score (nSPS) is 11.6. The highest BCUT2D eigenvalue weighted by Crippen LogP contribution is 2.40. The molecule has 0 unspecified atom stereocenters. The number of hydrogen-bond donors (Lipinski definition) is 0. The molecule has 0 aliphatic heterocycles. The number of hydrogen-bond acceptors (Lipinski definition) is 2. The number of nitriles is 2. The Kier molecular flexibility index (Phi) is 6.61. The fraction of sp³-hybridized carbons (Fsp3) is 0. The summed E-state index contributed by atoms with van der Waals surface area (Å²) in [6, 6.07) is 66.0. The summed E-state index contributed by atoms with van der Waals surface area (Å²) in [6.07, 6.45) is 0. The van der Waals surface area contributed by atoms with Gasteiger partial charge in [-0.05, 0) is 78.4 Å². The van der Waals surface area contributed by atoms with Crippen LogP contribution in [-0.4, -0.2) is 13.7 Å². The van der Waals surface area contributed by atoms with Crippen LogP contribution in [0.25, 0.3) is 93.6 Å². The van der Waals surface area contributed by atoms with Crippen molar-refractivity contribution < 1.29 is 0 Å². The van der Waals surface area contributed by atoms with E-state index in [-0.39, 0.29) is 0 Å². The van der Waals surface area contributed by atoms with Crippen LogP contribution in [0, 0.1) is 22.7 Å². The van der Waals surface area contributed by atoms with Crippen LogP contribution in [0.5, 0.6) is 0 Å². The second-order valence-electron chi connectivity index (χ2n) is 14.0. The third-order valence-corrected chi connectivity index (χ3v) is 11.1. The average molecular weight is 700 g/mol. The quantitative estimate of drug-likeness (QED) is 0.184. The lowest BCUT2D eigenvalue weighted by Gasteiger charge is -2.16. The van der Waals surface area contributed by atoms with Gasteiger partial charge in [-0.15, -0.1) is 0 Å². The topological polar surface area (TPSA) is 62.4 Å². The minimum absolute atomic E-state index is 0.553. The van der Waals surface area contributed by atoms with Crippen LogP contribution in [0.1, 0.15) is 11.1 Å². The summed E-state index contributed by atoms with van der Waals surface area (Å²) in [6.45, 7) is 0. The van der Waals surface area contributed by atoms with Gasteiger partial charge in [-0.2, -0.15) is 10.5 Å². The van der Waals surface area contributed by atoms with Gasteiger partial charge >= 0.3 is 0 Å². The smallest absolute Gasteiger partial charge is 0.101 e. The molecule has 55 heavy (non-hydrogen) atoms. The predicted molar refractivity (Wildman–Crippen MR) is 224 cm³/mol. The van der Waals surface area contributed by atoms with Gasteiger partial charge in [0.1, 0.15) is 6.07 Å². The van der Waals surface area contributed by atoms with Gasteiger partial charge in [0, 0.05) is 49.3 Å². The molecule has 5 heteroatoms. The van der Waals surface area contributed by atoms with E-state index in [1.807, 2.05) is 42.5 Å². The van der Waals surface area contributed by atoms with E-state index in [1.54, 1.807) is 0 Å². The molecule has 0 atom stereocenters. The number of para-hydroxylation sites is 5. The second-order valence-corrected chi connectivity index (χ2v) is 14.0. The molecule has 8 aromatic carbocycles. The SMILES string of the molecule is N#Cc1ccc(-c2cccc(-n3c4ccccc4c4cc(-n5c6ccccc6c6ccccc65)ccc43)c2)c(-n2c3ccccc3c3cccc(C#N)c32)c1. The molecule has 11 aromatic rings. The van der Waals surface area contributed by atoms with Crippen LogP contribution in [0.2, 0.25) is 0 Å². The Balaban J connectivity index is 1.14. The minimum Gasteiger partial charge on any atom is -0.309 e. The van der Waals surface area contributed by atoms with Crippen molar-refractivity contribution in [2.24, 2.45) is 0 Å². The van der Waals surface area contributed by atoms with Gasteiger partial charge in [-0.1, -0.05) is 103 Å². The monoisotopic (exact) mass is 699 g/mol. The fourth-order valence-corrected chi connectivity index (χ4v) is 8.78. The van der Waals surface area contributed by atoms with Gasteiger partial charge in [0.05, 0.1) is 56.0 Å². The van der Waals surface area contributed by atoms with Crippen LogP contribution in [0.3, 0.4) is 0 Å². The van der Waals surface area contributed by atoms with Crippen molar-refractivity contribution in [3.63, 3.8) is 0 Å². The molecule has 0 amide bonds. The lowest BCUT2D eigenvalue weighted by Crippen LogP contribution is -2.00. The molecule has 0 aliphatic rings. The zero-order chi connectivity index (χ0) is 36.6. The maximum absolute atomic E-state index is 10.3. The van der Waals surface area contributed by atoms with Crippen LogP contribution in [0.4, 0.5) is 0 Å². The number of fused-ring (bicyclic) bond motifs is 9. The van der Waals surface area contributed by atoms with Crippen molar-refractivity contribution in [2.75, 3.05) is 0 Å². The highest BCUT2D eigenvalue weighted by molar-refractivity contribution is 6.13. The van der Waals surface area contributed by atoms with E-state index < -0.39 is 0 Å². The first-order valence-corrected chi connectivity index (χ1v) is 18.3. The second kappa shape index (κ2) is 11.8. The summed E-state index contributed by atoms with van der Waals surface area (Å²) >= 11 is 0. The van der Waals surface area contributed by atoms with Crippen LogP contribution in [0.15, 0.2) is 176 Å². The van der Waals surface area contributed by atoms with Crippen molar-refractivity contribution in [2.45, 2.75) is 0 Å². The van der Waals surface area contributed by atoms with Gasteiger partial charge in [-0.25, -0.2) is 0 Å². The van der Waals surface area contributed by atoms with Crippen molar-refractivity contribution >= 4 is 65.4 Å². The summed E-state index contributed by atoms with van der Waals surface area (Å²) < 4.78 is 6.87. The molecule has 0 saturated heterocycles. The highest BCUT2D eigenvalue weighted by Gasteiger charge is 2.20. The molecular formula is C50H29N5. The molecule has 0 radical (unpaired) electrons. The largest absolute Gasteiger partial charge is 0.309 e. The van der Waals surface area contributed by atoms with Crippen LogP contribution < -0.4 is 0 Å². The van der Waals surface area contributed by atoms with E-state index in [2.05, 4.69) is 159 Å². The minimum atomic E-state index is 0.553. The van der Waals surface area contributed by atoms with Gasteiger partial charge in [0.25, 0.3) is 0 Å². The molecular weight excluding hydrogens is 671 g/mol. The standard InChI is InChI=1S/C50H29N5/c51-30-32-23-25-37(49(27-32)55-47-22-8-3-16-40(47)42-18-10-12-34(31-52)50(42)55)33-11-9-13-35(28-33)53-46-21-7-4-17-41(46)43-29-36(24-26-48(43)53)54-44-19-5-1-14-38(44)39-15-2-6-20-45(39)54/h1-29H. The van der Waals surface area contributed by atoms with Gasteiger partial charge in [-0.3, -0.25) is 0 Å².